The van der Waals surface area contributed by atoms with Crippen LogP contribution in [-0.4, -0.2) is 31.5 Å². The van der Waals surface area contributed by atoms with Gasteiger partial charge >= 0.3 is 0 Å². The van der Waals surface area contributed by atoms with E-state index >= 15 is 0 Å². The molecule has 1 aliphatic heterocycles. The molecular formula is C19H23Cl2F3N6O. The van der Waals surface area contributed by atoms with Crippen molar-refractivity contribution in [3.8, 4) is 5.75 Å². The zero-order valence-corrected chi connectivity index (χ0v) is 18.8. The molecule has 0 saturated carbocycles. The van der Waals surface area contributed by atoms with E-state index in [9.17, 15) is 13.2 Å². The van der Waals surface area contributed by atoms with Gasteiger partial charge in [-0.3, -0.25) is 9.67 Å². The highest BCUT2D eigenvalue weighted by Gasteiger charge is 2.34. The fourth-order valence-electron chi connectivity index (χ4n) is 3.59. The molecular weight excluding hydrogens is 456 g/mol. The Labute approximate surface area is 189 Å². The van der Waals surface area contributed by atoms with Crippen LogP contribution >= 0.6 is 24.8 Å². The first-order valence-electron chi connectivity index (χ1n) is 9.33. The number of benzene rings is 1. The monoisotopic (exact) mass is 478 g/mol. The lowest BCUT2D eigenvalue weighted by Crippen LogP contribution is -2.34. The molecule has 3 aromatic rings. The highest BCUT2D eigenvalue weighted by atomic mass is 35.5. The number of nitrogens with zero attached hydrogens (tertiary/aromatic N) is 5. The highest BCUT2D eigenvalue weighted by molar-refractivity contribution is 5.85. The number of hydrogen-bond donors (Lipinski definition) is 1. The molecule has 7 nitrogen and oxygen atoms in total. The van der Waals surface area contributed by atoms with Crippen molar-refractivity contribution < 1.29 is 17.9 Å². The van der Waals surface area contributed by atoms with Crippen LogP contribution in [0.25, 0.3) is 0 Å². The molecule has 0 spiro atoms. The van der Waals surface area contributed by atoms with Crippen LogP contribution in [0.2, 0.25) is 0 Å². The van der Waals surface area contributed by atoms with E-state index in [0.717, 1.165) is 24.2 Å². The third-order valence-electron chi connectivity index (χ3n) is 4.99. The predicted molar refractivity (Wildman–Crippen MR) is 114 cm³/mol. The molecule has 1 aliphatic rings. The summed E-state index contributed by atoms with van der Waals surface area (Å²) in [5.41, 5.74) is 0.988. The molecule has 1 N–H and O–H groups in total. The minimum Gasteiger partial charge on any atom is -0.474 e. The van der Waals surface area contributed by atoms with Crippen molar-refractivity contribution in [1.82, 2.24) is 25.0 Å². The number of halogens is 5. The number of aromatic amines is 1. The molecule has 170 valence electrons. The van der Waals surface area contributed by atoms with Gasteiger partial charge in [-0.25, -0.2) is 13.2 Å². The molecule has 0 fully saturated rings. The number of H-pyrrole nitrogens is 1. The molecule has 0 atom stereocenters. The molecule has 3 heterocycles. The van der Waals surface area contributed by atoms with E-state index in [-0.39, 0.29) is 24.8 Å². The van der Waals surface area contributed by atoms with Crippen molar-refractivity contribution in [2.45, 2.75) is 45.9 Å². The zero-order valence-electron chi connectivity index (χ0n) is 17.2. The summed E-state index contributed by atoms with van der Waals surface area (Å²) >= 11 is 0. The maximum absolute atomic E-state index is 14.1. The third kappa shape index (κ3) is 4.59. The Bertz CT molecular complexity index is 1030. The van der Waals surface area contributed by atoms with E-state index in [2.05, 4.69) is 25.3 Å². The van der Waals surface area contributed by atoms with Gasteiger partial charge in [0.1, 0.15) is 5.82 Å². The second kappa shape index (κ2) is 9.35. The van der Waals surface area contributed by atoms with Gasteiger partial charge in [0.2, 0.25) is 5.95 Å². The maximum Gasteiger partial charge on any atom is 0.227 e. The molecule has 12 heteroatoms. The van der Waals surface area contributed by atoms with E-state index in [1.165, 1.54) is 0 Å². The second-order valence-corrected chi connectivity index (χ2v) is 7.42. The molecule has 2 aromatic heterocycles. The normalized spacial score (nSPS) is 13.3. The van der Waals surface area contributed by atoms with Crippen LogP contribution in [0.5, 0.6) is 5.75 Å². The van der Waals surface area contributed by atoms with Crippen LogP contribution in [0, 0.1) is 17.5 Å². The lowest BCUT2D eigenvalue weighted by molar-refractivity contribution is 0.0824. The zero-order chi connectivity index (χ0) is 20.8. The minimum absolute atomic E-state index is 0. The SMILES string of the molecule is CCn1c(N2CCc3[nH]ncc3C2)nnc1C(C)(C)Oc1c(F)cc(F)cc1F.Cl.Cl. The van der Waals surface area contributed by atoms with Gasteiger partial charge in [-0.15, -0.1) is 35.0 Å². The molecule has 0 amide bonds. The van der Waals surface area contributed by atoms with E-state index in [1.807, 2.05) is 11.5 Å². The largest absolute Gasteiger partial charge is 0.474 e. The summed E-state index contributed by atoms with van der Waals surface area (Å²) in [5, 5.41) is 15.6. The first kappa shape index (κ1) is 24.8. The van der Waals surface area contributed by atoms with E-state index in [4.69, 9.17) is 4.74 Å². The molecule has 31 heavy (non-hydrogen) atoms. The summed E-state index contributed by atoms with van der Waals surface area (Å²) in [4.78, 5) is 2.08. The number of ether oxygens (including phenoxy) is 1. The van der Waals surface area contributed by atoms with Crippen molar-refractivity contribution >= 4 is 30.8 Å². The van der Waals surface area contributed by atoms with Crippen molar-refractivity contribution in [1.29, 1.82) is 0 Å². The number of anilines is 1. The topological polar surface area (TPSA) is 71.9 Å². The number of fused-ring (bicyclic) bond motifs is 1. The van der Waals surface area contributed by atoms with E-state index < -0.39 is 28.8 Å². The second-order valence-electron chi connectivity index (χ2n) is 7.42. The van der Waals surface area contributed by atoms with Crippen molar-refractivity contribution in [2.24, 2.45) is 0 Å². The standard InChI is InChI=1S/C19H21F3N6O.2ClH/c1-4-28-17(19(2,3)29-16-13(21)7-12(20)8-14(16)22)25-26-18(28)27-6-5-15-11(10-27)9-23-24-15;;/h7-9H,4-6,10H2,1-3H3,(H,23,24);2*1H. The van der Waals surface area contributed by atoms with Crippen LogP contribution < -0.4 is 9.64 Å². The van der Waals surface area contributed by atoms with Crippen molar-refractivity contribution in [2.75, 3.05) is 11.4 Å². The predicted octanol–water partition coefficient (Wildman–Crippen LogP) is 4.16. The fraction of sp³-hybridized carbons (Fsp3) is 0.421. The molecule has 0 unspecified atom stereocenters. The minimum atomic E-state index is -1.21. The quantitative estimate of drug-likeness (QED) is 0.595. The first-order chi connectivity index (χ1) is 13.8. The summed E-state index contributed by atoms with van der Waals surface area (Å²) in [7, 11) is 0. The smallest absolute Gasteiger partial charge is 0.227 e. The lowest BCUT2D eigenvalue weighted by atomic mass is 10.1. The number of hydrogen-bond acceptors (Lipinski definition) is 5. The Morgan fingerprint density at radius 2 is 1.81 bits per heavy atom. The van der Waals surface area contributed by atoms with Gasteiger partial charge in [0.05, 0.1) is 6.20 Å². The number of aromatic nitrogens is 5. The fourth-order valence-corrected chi connectivity index (χ4v) is 3.59. The summed E-state index contributed by atoms with van der Waals surface area (Å²) < 4.78 is 48.8. The molecule has 0 aliphatic carbocycles. The average Bonchev–Trinajstić information content (AvgIpc) is 3.30. The lowest BCUT2D eigenvalue weighted by Gasteiger charge is -2.30. The molecule has 0 saturated heterocycles. The van der Waals surface area contributed by atoms with Gasteiger partial charge in [0.15, 0.2) is 28.8 Å². The van der Waals surface area contributed by atoms with Crippen LogP contribution in [-0.2, 0) is 25.1 Å². The molecule has 1 aromatic carbocycles. The summed E-state index contributed by atoms with van der Waals surface area (Å²) in [6.45, 7) is 7.10. The van der Waals surface area contributed by atoms with Crippen molar-refractivity contribution in [3.05, 3.63) is 52.9 Å². The molecule has 0 bridgehead atoms. The summed E-state index contributed by atoms with van der Waals surface area (Å²) in [6, 6.07) is 1.17. The average molecular weight is 479 g/mol. The van der Waals surface area contributed by atoms with Gasteiger partial charge in [-0.05, 0) is 20.8 Å². The van der Waals surface area contributed by atoms with Gasteiger partial charge < -0.3 is 9.64 Å². The van der Waals surface area contributed by atoms with Crippen LogP contribution in [0.15, 0.2) is 18.3 Å². The van der Waals surface area contributed by atoms with Gasteiger partial charge in [0, 0.05) is 49.4 Å². The van der Waals surface area contributed by atoms with Crippen LogP contribution in [0.3, 0.4) is 0 Å². The van der Waals surface area contributed by atoms with Crippen molar-refractivity contribution in [3.63, 3.8) is 0 Å². The van der Waals surface area contributed by atoms with E-state index in [1.54, 1.807) is 20.0 Å². The molecule has 4 rings (SSSR count). The first-order valence-corrected chi connectivity index (χ1v) is 9.33. The van der Waals surface area contributed by atoms with Gasteiger partial charge in [-0.2, -0.15) is 5.10 Å². The Balaban J connectivity index is 0.00000171. The summed E-state index contributed by atoms with van der Waals surface area (Å²) in [6.07, 6.45) is 2.59. The molecule has 0 radical (unpaired) electrons. The van der Waals surface area contributed by atoms with Crippen LogP contribution in [0.1, 0.15) is 37.9 Å². The van der Waals surface area contributed by atoms with Gasteiger partial charge in [0.25, 0.3) is 0 Å². The third-order valence-corrected chi connectivity index (χ3v) is 4.99. The van der Waals surface area contributed by atoms with Crippen LogP contribution in [0.4, 0.5) is 19.1 Å². The van der Waals surface area contributed by atoms with Gasteiger partial charge in [-0.1, -0.05) is 0 Å². The maximum atomic E-state index is 14.1. The van der Waals surface area contributed by atoms with E-state index in [0.29, 0.717) is 37.0 Å². The summed E-state index contributed by atoms with van der Waals surface area (Å²) in [5.74, 6) is -2.82. The highest BCUT2D eigenvalue weighted by Crippen LogP contribution is 2.33. The Morgan fingerprint density at radius 1 is 1.13 bits per heavy atom. The Kier molecular flexibility index (Phi) is 7.48. The Hall–Kier alpha value is -2.46. The Morgan fingerprint density at radius 3 is 2.45 bits per heavy atom. The number of rotatable bonds is 5. The number of nitrogens with one attached hydrogen (secondary N) is 1.